The van der Waals surface area contributed by atoms with Crippen molar-refractivity contribution >= 4 is 39.0 Å². The summed E-state index contributed by atoms with van der Waals surface area (Å²) in [7, 11) is -9.68. The molecule has 2 aliphatic rings. The van der Waals surface area contributed by atoms with Crippen molar-refractivity contribution in [2.45, 2.75) is 99.1 Å². The number of carbonyl (C=O) groups is 1. The highest BCUT2D eigenvalue weighted by Gasteiger charge is 2.56. The second-order valence-electron chi connectivity index (χ2n) is 10.0. The molecule has 48 heavy (non-hydrogen) atoms. The van der Waals surface area contributed by atoms with Gasteiger partial charge >= 0.3 is 26.7 Å². The number of methoxy groups -OCH3 is 1. The number of nitrogens with one attached hydrogen (secondary N) is 1. The Labute approximate surface area is 276 Å². The minimum Gasteiger partial charge on any atom is -0.479 e. The summed E-state index contributed by atoms with van der Waals surface area (Å²) in [6.07, 6.45) is -26.8. The van der Waals surface area contributed by atoms with Gasteiger partial charge in [-0.25, -0.2) is 14.2 Å². The third kappa shape index (κ3) is 12.3. The summed E-state index contributed by atoms with van der Waals surface area (Å²) in [5, 5.41) is 83.3. The maximum atomic E-state index is 12.2. The van der Waals surface area contributed by atoms with Crippen LogP contribution in [-0.4, -0.2) is 179 Å². The molecule has 2 rings (SSSR count). The van der Waals surface area contributed by atoms with Gasteiger partial charge in [0.1, 0.15) is 54.9 Å². The highest BCUT2D eigenvalue weighted by Crippen LogP contribution is 2.33. The van der Waals surface area contributed by atoms with E-state index in [2.05, 4.69) is 13.6 Å². The molecule has 0 radical (unpaired) electrons. The first kappa shape index (κ1) is 43.1. The van der Waals surface area contributed by atoms with Crippen molar-refractivity contribution < 1.29 is 113 Å². The van der Waals surface area contributed by atoms with Crippen LogP contribution in [-0.2, 0) is 66.9 Å². The lowest BCUT2D eigenvalue weighted by Gasteiger charge is -2.47. The van der Waals surface area contributed by atoms with E-state index in [0.717, 1.165) is 7.11 Å². The molecule has 0 bridgehead atoms. The molecule has 11 N–H and O–H groups in total. The van der Waals surface area contributed by atoms with Gasteiger partial charge in [-0.2, -0.15) is 21.6 Å². The van der Waals surface area contributed by atoms with E-state index in [1.54, 1.807) is 4.72 Å². The molecule has 0 saturated carbocycles. The number of aliphatic hydroxyl groups excluding tert-OH is 6. The summed E-state index contributed by atoms with van der Waals surface area (Å²) in [5.41, 5.74) is 0. The van der Waals surface area contributed by atoms with Crippen molar-refractivity contribution in [1.82, 2.24) is 4.72 Å². The van der Waals surface area contributed by atoms with Crippen LogP contribution in [0.25, 0.3) is 0 Å². The molecule has 0 amide bonds. The van der Waals surface area contributed by atoms with Crippen LogP contribution in [0.3, 0.4) is 0 Å². The van der Waals surface area contributed by atoms with Crippen molar-refractivity contribution in [2.75, 3.05) is 20.3 Å². The number of carboxylic acid groups (broad SMARTS) is 1. The van der Waals surface area contributed by atoms with E-state index in [-0.39, 0.29) is 18.7 Å². The van der Waals surface area contributed by atoms with Gasteiger partial charge in [0.2, 0.25) is 0 Å². The SMILES string of the molecule is CCC(O)[C@H](O)[C@H](O)C(O)CO[C@@H]1OC(C(=O)O)[C@H](O[C@@H]2OC(COSOOO)[C@H](OC)[C@@H](O)C2NS(=O)(=O)O)[C@@H](O)C1OS(=O)(=O)O. The smallest absolute Gasteiger partial charge is 0.397 e. The lowest BCUT2D eigenvalue weighted by atomic mass is 9.95. The fraction of sp³-hybridized carbons (Fsp3) is 0.950. The second-order valence-corrected chi connectivity index (χ2v) is 12.8. The van der Waals surface area contributed by atoms with Gasteiger partial charge in [0, 0.05) is 7.11 Å². The Morgan fingerprint density at radius 2 is 1.56 bits per heavy atom. The molecule has 6 unspecified atom stereocenters. The summed E-state index contributed by atoms with van der Waals surface area (Å²) in [6, 6.07) is -2.07. The minimum absolute atomic E-state index is 0.0408. The largest absolute Gasteiger partial charge is 0.479 e. The number of rotatable bonds is 20. The third-order valence-electron chi connectivity index (χ3n) is 6.84. The van der Waals surface area contributed by atoms with Crippen molar-refractivity contribution in [3.05, 3.63) is 0 Å². The summed E-state index contributed by atoms with van der Waals surface area (Å²) >= 11 is 0.0408. The average molecular weight is 772 g/mol. The number of aliphatic carboxylic acids is 1. The number of carboxylic acids is 1. The van der Waals surface area contributed by atoms with Gasteiger partial charge in [0.05, 0.1) is 19.3 Å². The molecule has 2 heterocycles. The molecule has 2 saturated heterocycles. The Kier molecular flexibility index (Phi) is 17.1. The van der Waals surface area contributed by atoms with Gasteiger partial charge < -0.3 is 59.4 Å². The zero-order chi connectivity index (χ0) is 36.6. The van der Waals surface area contributed by atoms with Gasteiger partial charge in [-0.05, 0) is 6.42 Å². The molecule has 0 aromatic carbocycles. The first-order valence-corrected chi connectivity index (χ1v) is 16.8. The average Bonchev–Trinajstić information content (AvgIpc) is 2.99. The minimum atomic E-state index is -5.52. The quantitative estimate of drug-likeness (QED) is 0.0181. The van der Waals surface area contributed by atoms with Crippen molar-refractivity contribution in [3.63, 3.8) is 0 Å². The fourth-order valence-electron chi connectivity index (χ4n) is 4.58. The number of hydrogen-bond donors (Lipinski definition) is 11. The van der Waals surface area contributed by atoms with E-state index >= 15 is 0 Å². The monoisotopic (exact) mass is 771 g/mol. The zero-order valence-electron chi connectivity index (χ0n) is 24.6. The Morgan fingerprint density at radius 1 is 0.938 bits per heavy atom. The number of aliphatic hydroxyl groups is 6. The highest BCUT2D eigenvalue weighted by molar-refractivity contribution is 7.89. The van der Waals surface area contributed by atoms with Gasteiger partial charge in [-0.1, -0.05) is 12.0 Å². The Balaban J connectivity index is 2.43. The lowest BCUT2D eigenvalue weighted by Crippen LogP contribution is -2.68. The van der Waals surface area contributed by atoms with E-state index in [9.17, 15) is 66.5 Å². The van der Waals surface area contributed by atoms with Crippen LogP contribution in [0.5, 0.6) is 0 Å². The van der Waals surface area contributed by atoms with Gasteiger partial charge in [-0.15, -0.1) is 4.33 Å². The first-order chi connectivity index (χ1) is 22.3. The fourth-order valence-corrected chi connectivity index (χ4v) is 5.92. The molecule has 284 valence electrons. The highest BCUT2D eigenvalue weighted by atomic mass is 32.3. The maximum Gasteiger partial charge on any atom is 0.397 e. The Bertz CT molecular complexity index is 1210. The van der Waals surface area contributed by atoms with E-state index in [1.807, 2.05) is 0 Å². The van der Waals surface area contributed by atoms with Crippen molar-refractivity contribution in [3.8, 4) is 0 Å². The topological polar surface area (TPSA) is 383 Å². The van der Waals surface area contributed by atoms with Gasteiger partial charge in [0.15, 0.2) is 37.1 Å². The normalized spacial score (nSPS) is 34.3. The number of hydrogen-bond acceptors (Lipinski definition) is 22. The summed E-state index contributed by atoms with van der Waals surface area (Å²) in [4.78, 5) is 12.2. The predicted molar refractivity (Wildman–Crippen MR) is 146 cm³/mol. The molecule has 25 nitrogen and oxygen atoms in total. The predicted octanol–water partition coefficient (Wildman–Crippen LogP) is -5.54. The van der Waals surface area contributed by atoms with E-state index in [0.29, 0.717) is 0 Å². The molecule has 14 atom stereocenters. The molecule has 2 aliphatic heterocycles. The Hall–Kier alpha value is -1.04. The summed E-state index contributed by atoms with van der Waals surface area (Å²) < 4.78 is 107. The second kappa shape index (κ2) is 19.0. The van der Waals surface area contributed by atoms with E-state index in [4.69, 9.17) is 33.1 Å². The standard InChI is InChI=1S/C20H37NO24S3/c1-3-6(22)10(24)11(25)7(23)4-38-20-16(43-48(34,35)36)13(27)15(17(42-20)18(28)29)41-19-9(21-47(31,32)33)12(26)14(37-2)8(40-19)5-39-46-45-44-30/h6-17,19-27,30H,3-5H2,1-2H3,(H,28,29)(H,31,32,33)(H,34,35,36)/t6?,7?,8?,9?,10-,11+,12-,13+,14-,15+,16?,17?,19-,20+/m0/s1. The molecule has 0 aromatic heterocycles. The molecular weight excluding hydrogens is 734 g/mol. The van der Waals surface area contributed by atoms with Crippen LogP contribution in [0.1, 0.15) is 13.3 Å². The van der Waals surface area contributed by atoms with E-state index in [1.165, 1.54) is 6.92 Å². The maximum absolute atomic E-state index is 12.2. The lowest BCUT2D eigenvalue weighted by molar-refractivity contribution is -0.434. The van der Waals surface area contributed by atoms with E-state index < -0.39 is 126 Å². The molecule has 0 aromatic rings. The molecule has 0 spiro atoms. The molecule has 28 heteroatoms. The molecule has 2 fully saturated rings. The van der Waals surface area contributed by atoms with Crippen LogP contribution in [0.4, 0.5) is 0 Å². The summed E-state index contributed by atoms with van der Waals surface area (Å²) in [5.74, 6) is -1.96. The number of ether oxygens (including phenoxy) is 5. The van der Waals surface area contributed by atoms with Gasteiger partial charge in [0.25, 0.3) is 0 Å². The first-order valence-electron chi connectivity index (χ1n) is 13.3. The molecule has 0 aliphatic carbocycles. The van der Waals surface area contributed by atoms with Crippen molar-refractivity contribution in [1.29, 1.82) is 0 Å². The van der Waals surface area contributed by atoms with Crippen LogP contribution in [0.2, 0.25) is 0 Å². The van der Waals surface area contributed by atoms with Crippen LogP contribution >= 0.6 is 12.3 Å². The third-order valence-corrected chi connectivity index (χ3v) is 8.23. The van der Waals surface area contributed by atoms with Crippen LogP contribution in [0, 0.1) is 0 Å². The van der Waals surface area contributed by atoms with Crippen molar-refractivity contribution in [2.24, 2.45) is 0 Å². The van der Waals surface area contributed by atoms with Crippen LogP contribution < -0.4 is 4.72 Å². The zero-order valence-corrected chi connectivity index (χ0v) is 27.1. The van der Waals surface area contributed by atoms with Crippen LogP contribution in [0.15, 0.2) is 0 Å². The Morgan fingerprint density at radius 3 is 2.08 bits per heavy atom. The molecular formula is C20H37NO24S3. The summed E-state index contributed by atoms with van der Waals surface area (Å²) in [6.45, 7) is -0.275. The van der Waals surface area contributed by atoms with Gasteiger partial charge in [-0.3, -0.25) is 13.3 Å².